The van der Waals surface area contributed by atoms with Crippen molar-refractivity contribution in [3.05, 3.63) is 155 Å². The third-order valence-electron chi connectivity index (χ3n) is 9.72. The van der Waals surface area contributed by atoms with Crippen molar-refractivity contribution in [1.29, 1.82) is 0 Å². The van der Waals surface area contributed by atoms with Gasteiger partial charge in [-0.1, -0.05) is 187 Å². The van der Waals surface area contributed by atoms with Crippen LogP contribution < -0.4 is 32.8 Å². The molecule has 2 heterocycles. The highest BCUT2D eigenvalue weighted by Gasteiger charge is 2.35. The molecular formula is C42H38B2. The number of hydrogen-bond acceptors (Lipinski definition) is 0. The number of benzene rings is 6. The van der Waals surface area contributed by atoms with Crippen LogP contribution in [-0.4, -0.2) is 13.4 Å². The van der Waals surface area contributed by atoms with Crippen molar-refractivity contribution in [3.63, 3.8) is 0 Å². The summed E-state index contributed by atoms with van der Waals surface area (Å²) in [5.74, 6) is 0. The molecular weight excluding hydrogens is 526 g/mol. The molecule has 0 atom stereocenters. The first-order valence-corrected chi connectivity index (χ1v) is 15.9. The van der Waals surface area contributed by atoms with Crippen LogP contribution in [0.3, 0.4) is 0 Å². The van der Waals surface area contributed by atoms with Crippen molar-refractivity contribution >= 4 is 46.2 Å². The maximum absolute atomic E-state index is 2.31. The molecule has 6 aromatic rings. The first-order valence-electron chi connectivity index (χ1n) is 15.9. The summed E-state index contributed by atoms with van der Waals surface area (Å²) in [4.78, 5) is 0. The standard InChI is InChI=1S/2C21H19B/c2*1-14-12-15(2)21(16(3)13-14)22-19-10-6-4-8-17(19)18-9-5-7-11-20(18)22/h2*4-13H,1-3H3. The van der Waals surface area contributed by atoms with Crippen molar-refractivity contribution in [3.8, 4) is 22.3 Å². The van der Waals surface area contributed by atoms with E-state index >= 15 is 0 Å². The number of aryl methyl sites for hydroxylation is 6. The van der Waals surface area contributed by atoms with E-state index in [0.29, 0.717) is 13.4 Å². The van der Waals surface area contributed by atoms with Crippen LogP contribution in [0.4, 0.5) is 0 Å². The lowest BCUT2D eigenvalue weighted by Crippen LogP contribution is -2.51. The summed E-state index contributed by atoms with van der Waals surface area (Å²) in [6.45, 7) is 14.1. The quantitative estimate of drug-likeness (QED) is 0.219. The molecule has 6 aromatic carbocycles. The van der Waals surface area contributed by atoms with Gasteiger partial charge in [-0.2, -0.15) is 0 Å². The molecule has 0 amide bonds. The Balaban J connectivity index is 0.000000142. The average Bonchev–Trinajstić information content (AvgIpc) is 3.51. The normalized spacial score (nSPS) is 12.2. The van der Waals surface area contributed by atoms with Gasteiger partial charge in [-0.25, -0.2) is 0 Å². The summed E-state index contributed by atoms with van der Waals surface area (Å²) in [6, 6.07) is 44.7. The Hall–Kier alpha value is -4.55. The van der Waals surface area contributed by atoms with Crippen LogP contribution in [-0.2, 0) is 0 Å². The Kier molecular flexibility index (Phi) is 7.17. The first kappa shape index (κ1) is 28.2. The van der Waals surface area contributed by atoms with Gasteiger partial charge in [0.1, 0.15) is 0 Å². The second-order valence-corrected chi connectivity index (χ2v) is 12.8. The second kappa shape index (κ2) is 11.2. The molecule has 2 aliphatic heterocycles. The van der Waals surface area contributed by atoms with Crippen LogP contribution >= 0.6 is 0 Å². The highest BCUT2D eigenvalue weighted by Crippen LogP contribution is 2.25. The largest absolute Gasteiger partial charge is 0.243 e. The molecule has 0 N–H and O–H groups in total. The zero-order valence-corrected chi connectivity index (χ0v) is 26.7. The monoisotopic (exact) mass is 564 g/mol. The summed E-state index contributed by atoms with van der Waals surface area (Å²) in [5.41, 5.74) is 22.6. The molecule has 0 fully saturated rings. The van der Waals surface area contributed by atoms with Gasteiger partial charge in [-0.15, -0.1) is 0 Å². The van der Waals surface area contributed by atoms with Crippen LogP contribution in [0.2, 0.25) is 0 Å². The van der Waals surface area contributed by atoms with Crippen LogP contribution in [0.1, 0.15) is 33.4 Å². The fraction of sp³-hybridized carbons (Fsp3) is 0.143. The molecule has 8 rings (SSSR count). The zero-order chi connectivity index (χ0) is 30.5. The molecule has 2 heteroatoms. The van der Waals surface area contributed by atoms with Gasteiger partial charge in [0.2, 0.25) is 13.4 Å². The highest BCUT2D eigenvalue weighted by molar-refractivity contribution is 7.00. The molecule has 0 saturated carbocycles. The van der Waals surface area contributed by atoms with E-state index in [1.165, 1.54) is 88.4 Å². The summed E-state index contributed by atoms with van der Waals surface area (Å²) in [5, 5.41) is 0. The predicted molar refractivity (Wildman–Crippen MR) is 194 cm³/mol. The maximum atomic E-state index is 2.31. The lowest BCUT2D eigenvalue weighted by Gasteiger charge is -2.17. The Morgan fingerprint density at radius 3 is 0.795 bits per heavy atom. The summed E-state index contributed by atoms with van der Waals surface area (Å²) in [7, 11) is 0. The molecule has 0 spiro atoms. The van der Waals surface area contributed by atoms with Gasteiger partial charge in [-0.05, 0) is 63.8 Å². The summed E-state index contributed by atoms with van der Waals surface area (Å²) in [6.07, 6.45) is 0. The van der Waals surface area contributed by atoms with Crippen molar-refractivity contribution < 1.29 is 0 Å². The van der Waals surface area contributed by atoms with Gasteiger partial charge in [0.25, 0.3) is 0 Å². The number of hydrogen-bond donors (Lipinski definition) is 0. The molecule has 0 saturated heterocycles. The SMILES string of the molecule is Cc1cc(C)c(B2c3ccccc3-c3ccccc32)c(C)c1.Cc1cc(C)c(B2c3ccccc3-c3ccccc32)c(C)c1. The molecule has 0 unspecified atom stereocenters. The molecule has 212 valence electrons. The van der Waals surface area contributed by atoms with E-state index in [1.807, 2.05) is 0 Å². The second-order valence-electron chi connectivity index (χ2n) is 12.8. The lowest BCUT2D eigenvalue weighted by atomic mass is 9.37. The minimum absolute atomic E-state index is 0.369. The third-order valence-corrected chi connectivity index (χ3v) is 9.72. The van der Waals surface area contributed by atoms with E-state index in [4.69, 9.17) is 0 Å². The van der Waals surface area contributed by atoms with Crippen molar-refractivity contribution in [2.45, 2.75) is 41.5 Å². The van der Waals surface area contributed by atoms with E-state index in [1.54, 1.807) is 0 Å². The predicted octanol–water partition coefficient (Wildman–Crippen LogP) is 6.22. The summed E-state index contributed by atoms with van der Waals surface area (Å²) >= 11 is 0. The highest BCUT2D eigenvalue weighted by atomic mass is 14.2. The van der Waals surface area contributed by atoms with Crippen molar-refractivity contribution in [1.82, 2.24) is 0 Å². The van der Waals surface area contributed by atoms with Crippen LogP contribution in [0, 0.1) is 41.5 Å². The van der Waals surface area contributed by atoms with E-state index in [2.05, 4.69) is 163 Å². The fourth-order valence-corrected chi connectivity index (χ4v) is 8.23. The number of fused-ring (bicyclic) bond motifs is 6. The van der Waals surface area contributed by atoms with Crippen LogP contribution in [0.25, 0.3) is 22.3 Å². The van der Waals surface area contributed by atoms with E-state index in [9.17, 15) is 0 Å². The van der Waals surface area contributed by atoms with Crippen molar-refractivity contribution in [2.75, 3.05) is 0 Å². The van der Waals surface area contributed by atoms with Gasteiger partial charge in [0.15, 0.2) is 0 Å². The fourth-order valence-electron chi connectivity index (χ4n) is 8.23. The Morgan fingerprint density at radius 1 is 0.318 bits per heavy atom. The summed E-state index contributed by atoms with van der Waals surface area (Å²) < 4.78 is 0. The smallest absolute Gasteiger partial charge is 0.0664 e. The third kappa shape index (κ3) is 4.65. The topological polar surface area (TPSA) is 0 Å². The molecule has 0 radical (unpaired) electrons. The van der Waals surface area contributed by atoms with Gasteiger partial charge in [0, 0.05) is 0 Å². The Labute approximate surface area is 264 Å². The molecule has 44 heavy (non-hydrogen) atoms. The minimum atomic E-state index is 0.369. The van der Waals surface area contributed by atoms with Gasteiger partial charge in [-0.3, -0.25) is 0 Å². The molecule has 0 aromatic heterocycles. The number of rotatable bonds is 2. The maximum Gasteiger partial charge on any atom is 0.243 e. The Bertz CT molecular complexity index is 1760. The molecule has 2 aliphatic rings. The van der Waals surface area contributed by atoms with Crippen molar-refractivity contribution in [2.24, 2.45) is 0 Å². The van der Waals surface area contributed by atoms with Gasteiger partial charge >= 0.3 is 0 Å². The first-order chi connectivity index (χ1) is 21.3. The average molecular weight is 564 g/mol. The minimum Gasteiger partial charge on any atom is -0.0664 e. The lowest BCUT2D eigenvalue weighted by molar-refractivity contribution is 1.35. The van der Waals surface area contributed by atoms with E-state index in [0.717, 1.165) is 0 Å². The van der Waals surface area contributed by atoms with E-state index in [-0.39, 0.29) is 0 Å². The van der Waals surface area contributed by atoms with Gasteiger partial charge < -0.3 is 0 Å². The molecule has 0 bridgehead atoms. The van der Waals surface area contributed by atoms with E-state index < -0.39 is 0 Å². The Morgan fingerprint density at radius 2 is 0.545 bits per heavy atom. The van der Waals surface area contributed by atoms with Gasteiger partial charge in [0.05, 0.1) is 0 Å². The zero-order valence-electron chi connectivity index (χ0n) is 26.7. The molecule has 0 aliphatic carbocycles. The molecule has 0 nitrogen and oxygen atoms in total. The van der Waals surface area contributed by atoms with Crippen LogP contribution in [0.15, 0.2) is 121 Å². The van der Waals surface area contributed by atoms with Crippen LogP contribution in [0.5, 0.6) is 0 Å².